The number of nitrogen functional groups attached to an aromatic ring is 1. The summed E-state index contributed by atoms with van der Waals surface area (Å²) in [6.07, 6.45) is 0.302. The second-order valence-corrected chi connectivity index (χ2v) is 7.76. The van der Waals surface area contributed by atoms with Crippen LogP contribution in [-0.4, -0.2) is 31.7 Å². The highest BCUT2D eigenvalue weighted by atomic mass is 79.9. The molecule has 0 saturated carbocycles. The van der Waals surface area contributed by atoms with Gasteiger partial charge in [-0.2, -0.15) is 4.31 Å². The minimum Gasteiger partial charge on any atom is -0.395 e. The summed E-state index contributed by atoms with van der Waals surface area (Å²) in [4.78, 5) is 10.5. The van der Waals surface area contributed by atoms with E-state index in [2.05, 4.69) is 15.9 Å². The summed E-state index contributed by atoms with van der Waals surface area (Å²) in [6, 6.07) is 0.990. The van der Waals surface area contributed by atoms with Gasteiger partial charge in [-0.3, -0.25) is 4.79 Å². The van der Waals surface area contributed by atoms with Gasteiger partial charge in [0.15, 0.2) is 5.82 Å². The molecule has 1 atom stereocenters. The quantitative estimate of drug-likeness (QED) is 0.589. The van der Waals surface area contributed by atoms with Crippen LogP contribution in [0.25, 0.3) is 0 Å². The summed E-state index contributed by atoms with van der Waals surface area (Å²) in [5, 5.41) is -0.0156. The normalized spacial score (nSPS) is 19.9. The molecule has 1 fully saturated rings. The first kappa shape index (κ1) is 16.5. The Morgan fingerprint density at radius 2 is 2.14 bits per heavy atom. The molecule has 1 aromatic carbocycles. The molecule has 1 heterocycles. The van der Waals surface area contributed by atoms with Crippen molar-refractivity contribution in [2.75, 3.05) is 18.8 Å². The Labute approximate surface area is 134 Å². The van der Waals surface area contributed by atoms with Crippen LogP contribution in [0.4, 0.5) is 10.1 Å². The fourth-order valence-corrected chi connectivity index (χ4v) is 4.27. The van der Waals surface area contributed by atoms with Gasteiger partial charge in [0.2, 0.25) is 15.9 Å². The lowest BCUT2D eigenvalue weighted by Gasteiger charge is -2.18. The molecule has 0 bridgehead atoms. The van der Waals surface area contributed by atoms with E-state index >= 15 is 0 Å². The van der Waals surface area contributed by atoms with E-state index in [1.807, 2.05) is 0 Å². The van der Waals surface area contributed by atoms with Crippen molar-refractivity contribution in [2.45, 2.75) is 11.3 Å². The van der Waals surface area contributed by atoms with Crippen molar-refractivity contribution in [1.82, 2.24) is 4.31 Å². The molecule has 1 aromatic rings. The molecule has 21 heavy (non-hydrogen) atoms. The van der Waals surface area contributed by atoms with Gasteiger partial charge in [0, 0.05) is 13.1 Å². The number of benzene rings is 1. The predicted octanol–water partition coefficient (Wildman–Crippen LogP) is 1.32. The van der Waals surface area contributed by atoms with Crippen LogP contribution < -0.4 is 11.5 Å². The molecule has 2 rings (SSSR count). The fraction of sp³-hybridized carbons (Fsp3) is 0.364. The molecule has 4 N–H and O–H groups in total. The van der Waals surface area contributed by atoms with Crippen molar-refractivity contribution in [3.8, 4) is 0 Å². The standard InChI is InChI=1S/C11H12BrClFN3O3S/c12-8-6(13)3-7(9(14)10(8)15)21(19,20)17-2-1-5(4-17)11(16)18/h3,5H,1-2,4,15H2,(H2,16,18). The molecule has 1 unspecified atom stereocenters. The van der Waals surface area contributed by atoms with Crippen LogP contribution in [0.5, 0.6) is 0 Å². The molecule has 0 aliphatic carbocycles. The monoisotopic (exact) mass is 399 g/mol. The number of carbonyl (C=O) groups is 1. The van der Waals surface area contributed by atoms with E-state index in [1.165, 1.54) is 0 Å². The smallest absolute Gasteiger partial charge is 0.246 e. The van der Waals surface area contributed by atoms with Gasteiger partial charge in [-0.1, -0.05) is 11.6 Å². The number of carbonyl (C=O) groups excluding carboxylic acids is 1. The van der Waals surface area contributed by atoms with E-state index in [-0.39, 0.29) is 28.3 Å². The predicted molar refractivity (Wildman–Crippen MR) is 79.6 cm³/mol. The van der Waals surface area contributed by atoms with E-state index < -0.39 is 32.6 Å². The Hall–Kier alpha value is -0.900. The molecule has 1 saturated heterocycles. The SMILES string of the molecule is NC(=O)C1CCN(S(=O)(=O)c2cc(Cl)c(Br)c(N)c2F)C1. The summed E-state index contributed by atoms with van der Waals surface area (Å²) < 4.78 is 40.1. The first-order valence-corrected chi connectivity index (χ1v) is 8.49. The zero-order valence-corrected chi connectivity index (χ0v) is 13.8. The average molecular weight is 401 g/mol. The number of nitrogens with zero attached hydrogens (tertiary/aromatic N) is 1. The summed E-state index contributed by atoms with van der Waals surface area (Å²) >= 11 is 8.81. The third-order valence-electron chi connectivity index (χ3n) is 3.33. The zero-order chi connectivity index (χ0) is 15.9. The summed E-state index contributed by atoms with van der Waals surface area (Å²) in [6.45, 7) is 0.00760. The Kier molecular flexibility index (Phi) is 4.48. The first-order valence-electron chi connectivity index (χ1n) is 5.88. The van der Waals surface area contributed by atoms with Gasteiger partial charge >= 0.3 is 0 Å². The molecule has 0 spiro atoms. The number of amides is 1. The highest BCUT2D eigenvalue weighted by molar-refractivity contribution is 9.10. The topological polar surface area (TPSA) is 106 Å². The molecular weight excluding hydrogens is 389 g/mol. The van der Waals surface area contributed by atoms with Crippen LogP contribution in [0.15, 0.2) is 15.4 Å². The largest absolute Gasteiger partial charge is 0.395 e. The van der Waals surface area contributed by atoms with E-state index in [9.17, 15) is 17.6 Å². The van der Waals surface area contributed by atoms with Gasteiger partial charge in [-0.15, -0.1) is 0 Å². The number of hydrogen-bond donors (Lipinski definition) is 2. The number of sulfonamides is 1. The van der Waals surface area contributed by atoms with Gasteiger partial charge in [0.05, 0.1) is 21.1 Å². The Balaban J connectivity index is 2.44. The lowest BCUT2D eigenvalue weighted by molar-refractivity contribution is -0.121. The number of anilines is 1. The molecular formula is C11H12BrClFN3O3S. The first-order chi connectivity index (χ1) is 9.66. The zero-order valence-electron chi connectivity index (χ0n) is 10.6. The van der Waals surface area contributed by atoms with Crippen LogP contribution >= 0.6 is 27.5 Å². The average Bonchev–Trinajstić information content (AvgIpc) is 2.91. The van der Waals surface area contributed by atoms with E-state index in [0.717, 1.165) is 10.4 Å². The second-order valence-electron chi connectivity index (χ2n) is 4.65. The number of rotatable bonds is 3. The second kappa shape index (κ2) is 5.71. The highest BCUT2D eigenvalue weighted by Crippen LogP contribution is 2.36. The highest BCUT2D eigenvalue weighted by Gasteiger charge is 2.37. The minimum atomic E-state index is -4.13. The number of halogens is 3. The molecule has 1 aliphatic heterocycles. The Morgan fingerprint density at radius 1 is 1.52 bits per heavy atom. The third kappa shape index (κ3) is 2.87. The lowest BCUT2D eigenvalue weighted by atomic mass is 10.1. The van der Waals surface area contributed by atoms with E-state index in [1.54, 1.807) is 0 Å². The van der Waals surface area contributed by atoms with Crippen LogP contribution in [0.2, 0.25) is 5.02 Å². The van der Waals surface area contributed by atoms with Gasteiger partial charge < -0.3 is 11.5 Å². The van der Waals surface area contributed by atoms with E-state index in [0.29, 0.717) is 6.42 Å². The van der Waals surface area contributed by atoms with Crippen LogP contribution in [0, 0.1) is 11.7 Å². The van der Waals surface area contributed by atoms with Crippen LogP contribution in [0.3, 0.4) is 0 Å². The molecule has 6 nitrogen and oxygen atoms in total. The van der Waals surface area contributed by atoms with Crippen molar-refractivity contribution < 1.29 is 17.6 Å². The number of hydrogen-bond acceptors (Lipinski definition) is 4. The molecule has 116 valence electrons. The molecule has 1 aliphatic rings. The summed E-state index contributed by atoms with van der Waals surface area (Å²) in [7, 11) is -4.13. The summed E-state index contributed by atoms with van der Waals surface area (Å²) in [5.74, 6) is -2.23. The maximum Gasteiger partial charge on any atom is 0.246 e. The Morgan fingerprint density at radius 3 is 2.67 bits per heavy atom. The van der Waals surface area contributed by atoms with Crippen molar-refractivity contribution in [3.05, 3.63) is 21.4 Å². The molecule has 0 aromatic heterocycles. The lowest BCUT2D eigenvalue weighted by Crippen LogP contribution is -2.32. The maximum absolute atomic E-state index is 14.1. The van der Waals surface area contributed by atoms with Gasteiger partial charge in [-0.05, 0) is 28.4 Å². The number of nitrogens with two attached hydrogens (primary N) is 2. The minimum absolute atomic E-state index is 0.0156. The number of primary amides is 1. The fourth-order valence-electron chi connectivity index (χ4n) is 2.11. The van der Waals surface area contributed by atoms with Crippen molar-refractivity contribution >= 4 is 49.1 Å². The van der Waals surface area contributed by atoms with Gasteiger partial charge in [0.1, 0.15) is 4.90 Å². The molecule has 1 amide bonds. The molecule has 10 heteroatoms. The van der Waals surface area contributed by atoms with Crippen molar-refractivity contribution in [2.24, 2.45) is 11.7 Å². The van der Waals surface area contributed by atoms with Gasteiger partial charge in [-0.25, -0.2) is 12.8 Å². The summed E-state index contributed by atoms with van der Waals surface area (Å²) in [5.41, 5.74) is 10.3. The maximum atomic E-state index is 14.1. The molecule has 0 radical (unpaired) electrons. The third-order valence-corrected chi connectivity index (χ3v) is 6.57. The van der Waals surface area contributed by atoms with Crippen molar-refractivity contribution in [1.29, 1.82) is 0 Å². The van der Waals surface area contributed by atoms with E-state index in [4.69, 9.17) is 23.1 Å². The van der Waals surface area contributed by atoms with Crippen LogP contribution in [0.1, 0.15) is 6.42 Å². The van der Waals surface area contributed by atoms with Gasteiger partial charge in [0.25, 0.3) is 0 Å². The van der Waals surface area contributed by atoms with Crippen molar-refractivity contribution in [3.63, 3.8) is 0 Å². The van der Waals surface area contributed by atoms with Crippen LogP contribution in [-0.2, 0) is 14.8 Å². The Bertz CT molecular complexity index is 713.